The first-order valence-electron chi connectivity index (χ1n) is 7.00. The Bertz CT molecular complexity index is 660. The van der Waals surface area contributed by atoms with E-state index >= 15 is 0 Å². The van der Waals surface area contributed by atoms with E-state index < -0.39 is 33.8 Å². The molecule has 1 amide bonds. The highest BCUT2D eigenvalue weighted by molar-refractivity contribution is 6.67. The number of halogens is 4. The molecule has 8 heteroatoms. The standard InChI is InChI=1S/C16H15Cl3FNO3/c1-11(12-5-3-2-4-6-12)15(23)7-8-21(9-13(15)20)14(22)24-10-16(17,18)19/h2-9,11,23H,10H2,1H3. The predicted octanol–water partition coefficient (Wildman–Crippen LogP) is 4.67. The number of hydrogen-bond acceptors (Lipinski definition) is 3. The molecule has 0 fully saturated rings. The molecular formula is C16H15Cl3FNO3. The Kier molecular flexibility index (Phi) is 5.81. The van der Waals surface area contributed by atoms with Gasteiger partial charge in [0, 0.05) is 18.3 Å². The van der Waals surface area contributed by atoms with Crippen LogP contribution < -0.4 is 0 Å². The number of carbonyl (C=O) groups is 1. The fourth-order valence-electron chi connectivity index (χ4n) is 2.22. The highest BCUT2D eigenvalue weighted by atomic mass is 35.6. The zero-order valence-electron chi connectivity index (χ0n) is 12.6. The monoisotopic (exact) mass is 393 g/mol. The number of nitrogens with zero attached hydrogens (tertiary/aromatic N) is 1. The van der Waals surface area contributed by atoms with Crippen molar-refractivity contribution in [1.82, 2.24) is 4.90 Å². The summed E-state index contributed by atoms with van der Waals surface area (Å²) in [5.41, 5.74) is -1.12. The van der Waals surface area contributed by atoms with Crippen LogP contribution in [0, 0.1) is 0 Å². The molecule has 0 radical (unpaired) electrons. The van der Waals surface area contributed by atoms with Crippen LogP contribution in [0.5, 0.6) is 0 Å². The van der Waals surface area contributed by atoms with Crippen LogP contribution in [0.3, 0.4) is 0 Å². The second kappa shape index (κ2) is 7.31. The molecule has 0 saturated carbocycles. The van der Waals surface area contributed by atoms with E-state index in [0.717, 1.165) is 16.7 Å². The lowest BCUT2D eigenvalue weighted by Crippen LogP contribution is -2.39. The number of aliphatic hydroxyl groups is 1. The molecule has 4 nitrogen and oxygen atoms in total. The second-order valence-corrected chi connectivity index (χ2v) is 7.84. The van der Waals surface area contributed by atoms with Crippen LogP contribution in [0.25, 0.3) is 0 Å². The predicted molar refractivity (Wildman–Crippen MR) is 91.6 cm³/mol. The lowest BCUT2D eigenvalue weighted by atomic mass is 9.81. The zero-order valence-corrected chi connectivity index (χ0v) is 14.9. The number of benzene rings is 1. The molecule has 130 valence electrons. The van der Waals surface area contributed by atoms with Gasteiger partial charge in [-0.15, -0.1) is 0 Å². The van der Waals surface area contributed by atoms with Crippen molar-refractivity contribution >= 4 is 40.9 Å². The van der Waals surface area contributed by atoms with Crippen molar-refractivity contribution in [2.45, 2.75) is 22.2 Å². The maximum absolute atomic E-state index is 14.5. The first-order valence-corrected chi connectivity index (χ1v) is 8.13. The Balaban J connectivity index is 2.13. The van der Waals surface area contributed by atoms with E-state index in [1.165, 1.54) is 12.3 Å². The third-order valence-corrected chi connectivity index (χ3v) is 3.98. The lowest BCUT2D eigenvalue weighted by molar-refractivity contribution is 0.0698. The van der Waals surface area contributed by atoms with Crippen molar-refractivity contribution in [3.05, 3.63) is 60.2 Å². The van der Waals surface area contributed by atoms with Crippen LogP contribution in [0.1, 0.15) is 18.4 Å². The van der Waals surface area contributed by atoms with Crippen molar-refractivity contribution in [2.24, 2.45) is 0 Å². The SMILES string of the molecule is CC(c1ccccc1)C1(O)C=CN(C(=O)OCC(Cl)(Cl)Cl)C=C1F. The van der Waals surface area contributed by atoms with Crippen LogP contribution in [0.2, 0.25) is 0 Å². The molecule has 2 rings (SSSR count). The Hall–Kier alpha value is -1.27. The summed E-state index contributed by atoms with van der Waals surface area (Å²) in [6.45, 7) is 1.20. The van der Waals surface area contributed by atoms with Crippen molar-refractivity contribution in [3.63, 3.8) is 0 Å². The zero-order chi connectivity index (χ0) is 18.0. The summed E-state index contributed by atoms with van der Waals surface area (Å²) >= 11 is 16.5. The molecule has 1 aromatic rings. The van der Waals surface area contributed by atoms with Crippen LogP contribution >= 0.6 is 34.8 Å². The number of alkyl halides is 3. The summed E-state index contributed by atoms with van der Waals surface area (Å²) in [6.07, 6.45) is 2.32. The fraction of sp³-hybridized carbons (Fsp3) is 0.312. The molecule has 2 atom stereocenters. The summed E-state index contributed by atoms with van der Waals surface area (Å²) in [6, 6.07) is 8.98. The van der Waals surface area contributed by atoms with Crippen LogP contribution in [-0.4, -0.2) is 32.1 Å². The number of rotatable bonds is 3. The maximum Gasteiger partial charge on any atom is 0.418 e. The highest BCUT2D eigenvalue weighted by Crippen LogP contribution is 2.38. The molecule has 1 heterocycles. The smallest absolute Gasteiger partial charge is 0.418 e. The minimum absolute atomic E-state index is 0.485. The Morgan fingerprint density at radius 1 is 1.38 bits per heavy atom. The van der Waals surface area contributed by atoms with Gasteiger partial charge in [-0.2, -0.15) is 0 Å². The van der Waals surface area contributed by atoms with E-state index in [2.05, 4.69) is 0 Å². The number of carbonyl (C=O) groups excluding carboxylic acids is 1. The first-order chi connectivity index (χ1) is 11.1. The largest absolute Gasteiger partial charge is 0.444 e. The summed E-state index contributed by atoms with van der Waals surface area (Å²) in [4.78, 5) is 12.7. The minimum Gasteiger partial charge on any atom is -0.444 e. The molecule has 0 aromatic heterocycles. The molecule has 0 aliphatic carbocycles. The van der Waals surface area contributed by atoms with Crippen LogP contribution in [-0.2, 0) is 4.74 Å². The molecule has 0 saturated heterocycles. The van der Waals surface area contributed by atoms with Gasteiger partial charge in [-0.25, -0.2) is 9.18 Å². The van der Waals surface area contributed by atoms with Crippen molar-refractivity contribution in [2.75, 3.05) is 6.61 Å². The molecule has 2 unspecified atom stereocenters. The topological polar surface area (TPSA) is 49.8 Å². The third-order valence-electron chi connectivity index (χ3n) is 3.65. The summed E-state index contributed by atoms with van der Waals surface area (Å²) in [5, 5.41) is 10.6. The molecule has 24 heavy (non-hydrogen) atoms. The van der Waals surface area contributed by atoms with Crippen molar-refractivity contribution < 1.29 is 19.0 Å². The van der Waals surface area contributed by atoms with Gasteiger partial charge >= 0.3 is 6.09 Å². The van der Waals surface area contributed by atoms with Crippen molar-refractivity contribution in [3.8, 4) is 0 Å². The van der Waals surface area contributed by atoms with Gasteiger partial charge in [-0.3, -0.25) is 4.90 Å². The Morgan fingerprint density at radius 2 is 2.00 bits per heavy atom. The quantitative estimate of drug-likeness (QED) is 0.758. The summed E-state index contributed by atoms with van der Waals surface area (Å²) in [7, 11) is 0. The van der Waals surface area contributed by atoms with E-state index in [1.54, 1.807) is 31.2 Å². The van der Waals surface area contributed by atoms with Gasteiger partial charge in [0.15, 0.2) is 5.83 Å². The summed E-state index contributed by atoms with van der Waals surface area (Å²) in [5.74, 6) is -1.46. The van der Waals surface area contributed by atoms with E-state index in [4.69, 9.17) is 39.5 Å². The molecule has 1 aromatic carbocycles. The number of hydrogen-bond donors (Lipinski definition) is 1. The van der Waals surface area contributed by atoms with Gasteiger partial charge < -0.3 is 9.84 Å². The van der Waals surface area contributed by atoms with E-state index in [1.807, 2.05) is 6.07 Å². The van der Waals surface area contributed by atoms with E-state index in [9.17, 15) is 14.3 Å². The van der Waals surface area contributed by atoms with Gasteiger partial charge in [-0.1, -0.05) is 72.1 Å². The minimum atomic E-state index is -1.87. The van der Waals surface area contributed by atoms with Gasteiger partial charge in [0.25, 0.3) is 0 Å². The van der Waals surface area contributed by atoms with Gasteiger partial charge in [0.1, 0.15) is 12.2 Å². The molecule has 0 bridgehead atoms. The maximum atomic E-state index is 14.5. The Morgan fingerprint density at radius 3 is 2.54 bits per heavy atom. The molecule has 1 aliphatic rings. The number of ether oxygens (including phenoxy) is 1. The van der Waals surface area contributed by atoms with Crippen molar-refractivity contribution in [1.29, 1.82) is 0 Å². The summed E-state index contributed by atoms with van der Waals surface area (Å²) < 4.78 is 17.5. The highest BCUT2D eigenvalue weighted by Gasteiger charge is 2.40. The van der Waals surface area contributed by atoms with Gasteiger partial charge in [-0.05, 0) is 11.6 Å². The molecule has 1 aliphatic heterocycles. The molecule has 1 N–H and O–H groups in total. The molecular weight excluding hydrogens is 380 g/mol. The third kappa shape index (κ3) is 4.42. The Labute approximate surface area is 154 Å². The second-order valence-electron chi connectivity index (χ2n) is 5.33. The van der Waals surface area contributed by atoms with Gasteiger partial charge in [0.05, 0.1) is 0 Å². The normalized spacial score (nSPS) is 22.1. The average molecular weight is 395 g/mol. The fourth-order valence-corrected chi connectivity index (χ4v) is 2.38. The van der Waals surface area contributed by atoms with Crippen LogP contribution in [0.15, 0.2) is 54.6 Å². The lowest BCUT2D eigenvalue weighted by Gasteiger charge is -2.34. The average Bonchev–Trinajstić information content (AvgIpc) is 2.54. The van der Waals surface area contributed by atoms with Crippen LogP contribution in [0.4, 0.5) is 9.18 Å². The molecule has 0 spiro atoms. The van der Waals surface area contributed by atoms with E-state index in [0.29, 0.717) is 0 Å². The van der Waals surface area contributed by atoms with Gasteiger partial charge in [0.2, 0.25) is 3.79 Å². The number of amides is 1. The van der Waals surface area contributed by atoms with E-state index in [-0.39, 0.29) is 0 Å². The first kappa shape index (κ1) is 19.1.